The van der Waals surface area contributed by atoms with Crippen LogP contribution in [-0.2, 0) is 26.2 Å². The molecule has 0 aromatic heterocycles. The lowest BCUT2D eigenvalue weighted by atomic mass is 10.1. The molecule has 1 N–H and O–H groups in total. The Balaban J connectivity index is 2.43. The maximum absolute atomic E-state index is 13.4. The zero-order chi connectivity index (χ0) is 23.2. The molecule has 0 radical (unpaired) electrons. The molecule has 2 aromatic rings. The summed E-state index contributed by atoms with van der Waals surface area (Å²) in [6.45, 7) is 3.48. The van der Waals surface area contributed by atoms with Crippen molar-refractivity contribution in [3.8, 4) is 0 Å². The van der Waals surface area contributed by atoms with Gasteiger partial charge >= 0.3 is 0 Å². The number of halogens is 1. The molecular weight excluding hydrogens is 438 g/mol. The van der Waals surface area contributed by atoms with Gasteiger partial charge in [-0.25, -0.2) is 8.42 Å². The third kappa shape index (κ3) is 6.70. The fourth-order valence-corrected chi connectivity index (χ4v) is 4.36. The number of rotatable bonds is 9. The first-order valence-corrected chi connectivity index (χ1v) is 12.1. The van der Waals surface area contributed by atoms with Crippen molar-refractivity contribution < 1.29 is 18.0 Å². The normalized spacial score (nSPS) is 12.2. The van der Waals surface area contributed by atoms with Crippen molar-refractivity contribution in [3.63, 3.8) is 0 Å². The van der Waals surface area contributed by atoms with Crippen LogP contribution in [0.5, 0.6) is 0 Å². The molecule has 0 spiro atoms. The van der Waals surface area contributed by atoms with Crippen molar-refractivity contribution in [2.24, 2.45) is 0 Å². The molecule has 0 saturated carbocycles. The van der Waals surface area contributed by atoms with Crippen molar-refractivity contribution in [1.29, 1.82) is 0 Å². The molecule has 0 heterocycles. The predicted molar refractivity (Wildman–Crippen MR) is 124 cm³/mol. The van der Waals surface area contributed by atoms with Gasteiger partial charge in [0.2, 0.25) is 21.8 Å². The number of nitrogens with one attached hydrogen (secondary N) is 1. The third-order valence-electron chi connectivity index (χ3n) is 4.84. The Labute approximate surface area is 189 Å². The van der Waals surface area contributed by atoms with E-state index in [1.807, 2.05) is 38.1 Å². The van der Waals surface area contributed by atoms with Crippen LogP contribution in [0.3, 0.4) is 0 Å². The summed E-state index contributed by atoms with van der Waals surface area (Å²) >= 11 is 6.02. The summed E-state index contributed by atoms with van der Waals surface area (Å²) in [6.07, 6.45) is 1.41. The molecule has 0 aliphatic heterocycles. The summed E-state index contributed by atoms with van der Waals surface area (Å²) in [5.41, 5.74) is 2.16. The first-order chi connectivity index (χ1) is 14.6. The predicted octanol–water partition coefficient (Wildman–Crippen LogP) is 2.97. The molecule has 0 aliphatic rings. The fourth-order valence-electron chi connectivity index (χ4n) is 3.34. The van der Waals surface area contributed by atoms with Crippen LogP contribution in [0.15, 0.2) is 48.5 Å². The lowest BCUT2D eigenvalue weighted by Crippen LogP contribution is -2.51. The first-order valence-electron chi connectivity index (χ1n) is 9.86. The quantitative estimate of drug-likeness (QED) is 0.616. The Hall–Kier alpha value is -2.58. The highest BCUT2D eigenvalue weighted by atomic mass is 35.5. The maximum Gasteiger partial charge on any atom is 0.244 e. The van der Waals surface area contributed by atoms with Crippen LogP contribution in [0, 0.1) is 6.92 Å². The zero-order valence-electron chi connectivity index (χ0n) is 18.1. The molecule has 0 saturated heterocycles. The number of likely N-dealkylation sites (N-methyl/N-ethyl adjacent to an activating group) is 1. The average molecular weight is 466 g/mol. The van der Waals surface area contributed by atoms with Gasteiger partial charge in [-0.05, 0) is 37.1 Å². The molecule has 7 nitrogen and oxygen atoms in total. The highest BCUT2D eigenvalue weighted by Gasteiger charge is 2.31. The molecule has 1 atom stereocenters. The van der Waals surface area contributed by atoms with Gasteiger partial charge in [0.15, 0.2) is 0 Å². The molecule has 2 amide bonds. The number of amides is 2. The molecule has 2 aromatic carbocycles. The molecule has 0 unspecified atom stereocenters. The largest absolute Gasteiger partial charge is 0.357 e. The van der Waals surface area contributed by atoms with E-state index in [9.17, 15) is 18.0 Å². The highest BCUT2D eigenvalue weighted by molar-refractivity contribution is 7.92. The van der Waals surface area contributed by atoms with Gasteiger partial charge in [0, 0.05) is 18.6 Å². The Morgan fingerprint density at radius 1 is 1.13 bits per heavy atom. The monoisotopic (exact) mass is 465 g/mol. The van der Waals surface area contributed by atoms with Crippen LogP contribution >= 0.6 is 11.6 Å². The van der Waals surface area contributed by atoms with E-state index >= 15 is 0 Å². The van der Waals surface area contributed by atoms with E-state index in [1.54, 1.807) is 18.2 Å². The van der Waals surface area contributed by atoms with Crippen molar-refractivity contribution in [2.75, 3.05) is 24.2 Å². The van der Waals surface area contributed by atoms with E-state index < -0.39 is 28.5 Å². The number of carbonyl (C=O) groups excluding carboxylic acids is 2. The molecular formula is C22H28ClN3O4S. The topological polar surface area (TPSA) is 86.8 Å². The molecule has 31 heavy (non-hydrogen) atoms. The summed E-state index contributed by atoms with van der Waals surface area (Å²) in [5.74, 6) is -0.792. The Kier molecular flexibility index (Phi) is 8.47. The molecule has 9 heteroatoms. The Bertz CT molecular complexity index is 1040. The minimum Gasteiger partial charge on any atom is -0.357 e. The van der Waals surface area contributed by atoms with E-state index in [2.05, 4.69) is 5.32 Å². The van der Waals surface area contributed by atoms with E-state index in [4.69, 9.17) is 11.6 Å². The second-order valence-electron chi connectivity index (χ2n) is 7.30. The number of anilines is 1. The second-order valence-corrected chi connectivity index (χ2v) is 9.64. The summed E-state index contributed by atoms with van der Waals surface area (Å²) in [7, 11) is -2.27. The van der Waals surface area contributed by atoms with Crippen LogP contribution in [0.4, 0.5) is 5.69 Å². The number of carbonyl (C=O) groups is 2. The molecule has 0 fully saturated rings. The lowest BCUT2D eigenvalue weighted by molar-refractivity contribution is -0.140. The average Bonchev–Trinajstić information content (AvgIpc) is 2.70. The Morgan fingerprint density at radius 2 is 1.81 bits per heavy atom. The summed E-state index contributed by atoms with van der Waals surface area (Å²) in [5, 5.41) is 2.94. The number of aryl methyl sites for hydroxylation is 1. The van der Waals surface area contributed by atoms with Gasteiger partial charge in [-0.2, -0.15) is 0 Å². The molecule has 0 bridgehead atoms. The minimum absolute atomic E-state index is 0.180. The highest BCUT2D eigenvalue weighted by Crippen LogP contribution is 2.23. The minimum atomic E-state index is -3.77. The first kappa shape index (κ1) is 24.7. The zero-order valence-corrected chi connectivity index (χ0v) is 19.7. The van der Waals surface area contributed by atoms with Crippen molar-refractivity contribution in [3.05, 3.63) is 64.7 Å². The lowest BCUT2D eigenvalue weighted by Gasteiger charge is -2.32. The van der Waals surface area contributed by atoms with Crippen LogP contribution < -0.4 is 9.62 Å². The number of hydrogen-bond donors (Lipinski definition) is 1. The van der Waals surface area contributed by atoms with Gasteiger partial charge in [-0.1, -0.05) is 54.4 Å². The second kappa shape index (κ2) is 10.6. The van der Waals surface area contributed by atoms with Gasteiger partial charge in [0.1, 0.15) is 12.6 Å². The molecule has 0 aliphatic carbocycles. The van der Waals surface area contributed by atoms with E-state index in [-0.39, 0.29) is 18.1 Å². The van der Waals surface area contributed by atoms with Crippen molar-refractivity contribution in [2.45, 2.75) is 32.9 Å². The van der Waals surface area contributed by atoms with Gasteiger partial charge in [0.25, 0.3) is 0 Å². The van der Waals surface area contributed by atoms with E-state index in [0.29, 0.717) is 11.4 Å². The SMILES string of the molecule is CC[C@H](C(=O)NC)N(Cc1cccc(C)c1)C(=O)CN(c1cccc(Cl)c1)S(C)(=O)=O. The van der Waals surface area contributed by atoms with Gasteiger partial charge < -0.3 is 10.2 Å². The third-order valence-corrected chi connectivity index (χ3v) is 6.22. The van der Waals surface area contributed by atoms with Crippen LogP contribution in [0.2, 0.25) is 5.02 Å². The maximum atomic E-state index is 13.4. The van der Waals surface area contributed by atoms with Crippen LogP contribution in [-0.4, -0.2) is 51.0 Å². The number of sulfonamides is 1. The molecule has 168 valence electrons. The number of hydrogen-bond acceptors (Lipinski definition) is 4. The van der Waals surface area contributed by atoms with Crippen molar-refractivity contribution in [1.82, 2.24) is 10.2 Å². The van der Waals surface area contributed by atoms with E-state index in [1.165, 1.54) is 18.0 Å². The summed E-state index contributed by atoms with van der Waals surface area (Å²) in [4.78, 5) is 27.3. The standard InChI is InChI=1S/C22H28ClN3O4S/c1-5-20(22(28)24-3)25(14-17-9-6-8-16(2)12-17)21(27)15-26(31(4,29)30)19-11-7-10-18(23)13-19/h6-13,20H,5,14-15H2,1-4H3,(H,24,28)/t20-/m1/s1. The summed E-state index contributed by atoms with van der Waals surface area (Å²) in [6, 6.07) is 13.2. The van der Waals surface area contributed by atoms with Crippen molar-refractivity contribution >= 4 is 39.1 Å². The number of nitrogens with zero attached hydrogens (tertiary/aromatic N) is 2. The van der Waals surface area contributed by atoms with Crippen LogP contribution in [0.1, 0.15) is 24.5 Å². The van der Waals surface area contributed by atoms with Gasteiger partial charge in [0.05, 0.1) is 11.9 Å². The van der Waals surface area contributed by atoms with E-state index in [0.717, 1.165) is 21.7 Å². The smallest absolute Gasteiger partial charge is 0.244 e. The van der Waals surface area contributed by atoms with Crippen LogP contribution in [0.25, 0.3) is 0 Å². The molecule has 2 rings (SSSR count). The number of benzene rings is 2. The Morgan fingerprint density at radius 3 is 2.35 bits per heavy atom. The fraction of sp³-hybridized carbons (Fsp3) is 0.364. The van der Waals surface area contributed by atoms with Gasteiger partial charge in [-0.15, -0.1) is 0 Å². The summed E-state index contributed by atoms with van der Waals surface area (Å²) < 4.78 is 25.9. The van der Waals surface area contributed by atoms with Gasteiger partial charge in [-0.3, -0.25) is 13.9 Å².